The van der Waals surface area contributed by atoms with Crippen LogP contribution in [0.15, 0.2) is 45.9 Å². The molecular weight excluding hydrogens is 358 g/mol. The summed E-state index contributed by atoms with van der Waals surface area (Å²) in [6.45, 7) is 6.75. The van der Waals surface area contributed by atoms with E-state index in [4.69, 9.17) is 4.42 Å². The molecule has 8 heteroatoms. The Hall–Kier alpha value is -3.13. The second-order valence-electron chi connectivity index (χ2n) is 6.87. The molecule has 0 spiro atoms. The molecule has 1 aliphatic heterocycles. The van der Waals surface area contributed by atoms with Crippen LogP contribution in [-0.4, -0.2) is 60.0 Å². The molecule has 0 radical (unpaired) electrons. The van der Waals surface area contributed by atoms with Crippen LogP contribution in [0.2, 0.25) is 0 Å². The summed E-state index contributed by atoms with van der Waals surface area (Å²) in [5.41, 5.74) is 1.32. The highest BCUT2D eigenvalue weighted by molar-refractivity contribution is 6.06. The fourth-order valence-electron chi connectivity index (χ4n) is 3.61. The van der Waals surface area contributed by atoms with E-state index in [1.165, 1.54) is 12.0 Å². The molecule has 8 nitrogen and oxygen atoms in total. The van der Waals surface area contributed by atoms with Gasteiger partial charge in [-0.05, 0) is 19.1 Å². The van der Waals surface area contributed by atoms with Crippen LogP contribution < -0.4 is 15.8 Å². The predicted molar refractivity (Wildman–Crippen MR) is 107 cm³/mol. The summed E-state index contributed by atoms with van der Waals surface area (Å²) in [5.74, 6) is 0.0887. The van der Waals surface area contributed by atoms with Crippen molar-refractivity contribution in [2.75, 3.05) is 44.2 Å². The lowest BCUT2D eigenvalue weighted by Gasteiger charge is -2.36. The van der Waals surface area contributed by atoms with E-state index in [0.29, 0.717) is 12.3 Å². The molecule has 2 aromatic heterocycles. The maximum Gasteiger partial charge on any atom is 0.262 e. The van der Waals surface area contributed by atoms with E-state index in [-0.39, 0.29) is 28.1 Å². The molecule has 28 heavy (non-hydrogen) atoms. The Balaban J connectivity index is 1.31. The monoisotopic (exact) mass is 381 g/mol. The third kappa shape index (κ3) is 3.63. The molecule has 1 amide bonds. The lowest BCUT2D eigenvalue weighted by molar-refractivity contribution is 0.0947. The molecule has 0 atom stereocenters. The summed E-state index contributed by atoms with van der Waals surface area (Å²) >= 11 is 0. The first-order chi connectivity index (χ1) is 13.6. The number of piperazine rings is 1. The van der Waals surface area contributed by atoms with Crippen LogP contribution >= 0.6 is 0 Å². The number of amides is 1. The average molecular weight is 381 g/mol. The van der Waals surface area contributed by atoms with Gasteiger partial charge in [0.1, 0.15) is 11.1 Å². The van der Waals surface area contributed by atoms with Crippen LogP contribution in [0, 0.1) is 6.92 Å². The van der Waals surface area contributed by atoms with Gasteiger partial charge >= 0.3 is 0 Å². The van der Waals surface area contributed by atoms with Crippen molar-refractivity contribution in [2.24, 2.45) is 0 Å². The number of nitrogens with zero attached hydrogens (tertiary/aromatic N) is 3. The SMILES string of the molecule is Cc1oc2nc[nH]c(=O)c2c1C(=O)NCCN1CCN(c2ccccc2)CC1. The van der Waals surface area contributed by atoms with Gasteiger partial charge in [0.2, 0.25) is 5.71 Å². The Kier molecular flexibility index (Phi) is 5.12. The van der Waals surface area contributed by atoms with Crippen molar-refractivity contribution >= 4 is 22.7 Å². The van der Waals surface area contributed by atoms with Gasteiger partial charge in [-0.3, -0.25) is 14.5 Å². The number of nitrogens with one attached hydrogen (secondary N) is 2. The Morgan fingerprint density at radius 1 is 1.21 bits per heavy atom. The number of para-hydroxylation sites is 1. The number of aromatic nitrogens is 2. The van der Waals surface area contributed by atoms with Crippen LogP contribution in [0.4, 0.5) is 5.69 Å². The molecule has 0 unspecified atom stereocenters. The van der Waals surface area contributed by atoms with Crippen LogP contribution in [0.3, 0.4) is 0 Å². The summed E-state index contributed by atoms with van der Waals surface area (Å²) in [6, 6.07) is 10.4. The van der Waals surface area contributed by atoms with Crippen molar-refractivity contribution < 1.29 is 9.21 Å². The Labute approximate surface area is 162 Å². The van der Waals surface area contributed by atoms with Gasteiger partial charge in [0.05, 0.1) is 11.9 Å². The third-order valence-corrected chi connectivity index (χ3v) is 5.10. The van der Waals surface area contributed by atoms with Gasteiger partial charge < -0.3 is 19.6 Å². The quantitative estimate of drug-likeness (QED) is 0.693. The molecule has 146 valence electrons. The molecule has 3 heterocycles. The van der Waals surface area contributed by atoms with Gasteiger partial charge in [-0.1, -0.05) is 18.2 Å². The largest absolute Gasteiger partial charge is 0.442 e. The fourth-order valence-corrected chi connectivity index (χ4v) is 3.61. The van der Waals surface area contributed by atoms with Crippen LogP contribution in [0.5, 0.6) is 0 Å². The van der Waals surface area contributed by atoms with E-state index in [0.717, 1.165) is 32.7 Å². The lowest BCUT2D eigenvalue weighted by Crippen LogP contribution is -2.48. The molecule has 0 aliphatic carbocycles. The van der Waals surface area contributed by atoms with Gasteiger partial charge in [0.25, 0.3) is 11.5 Å². The molecule has 1 aliphatic rings. The van der Waals surface area contributed by atoms with Crippen molar-refractivity contribution in [1.29, 1.82) is 0 Å². The normalized spacial score (nSPS) is 15.1. The van der Waals surface area contributed by atoms with E-state index in [1.54, 1.807) is 6.92 Å². The number of fused-ring (bicyclic) bond motifs is 1. The number of anilines is 1. The zero-order valence-corrected chi connectivity index (χ0v) is 15.8. The number of furan rings is 1. The highest BCUT2D eigenvalue weighted by Gasteiger charge is 2.22. The molecule has 1 saturated heterocycles. The van der Waals surface area contributed by atoms with Crippen molar-refractivity contribution in [2.45, 2.75) is 6.92 Å². The first-order valence-electron chi connectivity index (χ1n) is 9.41. The highest BCUT2D eigenvalue weighted by atomic mass is 16.3. The first-order valence-corrected chi connectivity index (χ1v) is 9.41. The molecule has 3 aromatic rings. The number of carbonyl (C=O) groups excluding carboxylic acids is 1. The number of aryl methyl sites for hydroxylation is 1. The number of benzene rings is 1. The molecular formula is C20H23N5O3. The van der Waals surface area contributed by atoms with E-state index in [1.807, 2.05) is 6.07 Å². The number of hydrogen-bond acceptors (Lipinski definition) is 6. The first kappa shape index (κ1) is 18.2. The van der Waals surface area contributed by atoms with E-state index < -0.39 is 0 Å². The minimum Gasteiger partial charge on any atom is -0.442 e. The van der Waals surface area contributed by atoms with E-state index >= 15 is 0 Å². The number of rotatable bonds is 5. The zero-order valence-electron chi connectivity index (χ0n) is 15.8. The van der Waals surface area contributed by atoms with E-state index in [2.05, 4.69) is 49.4 Å². The second kappa shape index (κ2) is 7.85. The maximum atomic E-state index is 12.6. The Morgan fingerprint density at radius 2 is 1.96 bits per heavy atom. The number of carbonyl (C=O) groups is 1. The Morgan fingerprint density at radius 3 is 2.71 bits per heavy atom. The van der Waals surface area contributed by atoms with Crippen molar-refractivity contribution in [3.05, 3.63) is 58.3 Å². The van der Waals surface area contributed by atoms with Crippen molar-refractivity contribution in [3.8, 4) is 0 Å². The minimum atomic E-state index is -0.371. The summed E-state index contributed by atoms with van der Waals surface area (Å²) in [6.07, 6.45) is 1.27. The summed E-state index contributed by atoms with van der Waals surface area (Å²) in [7, 11) is 0. The zero-order chi connectivity index (χ0) is 19.5. The molecule has 0 saturated carbocycles. The second-order valence-corrected chi connectivity index (χ2v) is 6.87. The molecule has 0 bridgehead atoms. The highest BCUT2D eigenvalue weighted by Crippen LogP contribution is 2.20. The number of H-pyrrole nitrogens is 1. The molecule has 1 aromatic carbocycles. The lowest BCUT2D eigenvalue weighted by atomic mass is 10.2. The average Bonchev–Trinajstić information content (AvgIpc) is 3.06. The fraction of sp³-hybridized carbons (Fsp3) is 0.350. The predicted octanol–water partition coefficient (Wildman–Crippen LogP) is 1.38. The van der Waals surface area contributed by atoms with Crippen LogP contribution in [-0.2, 0) is 0 Å². The topological polar surface area (TPSA) is 94.5 Å². The molecule has 4 rings (SSSR count). The van der Waals surface area contributed by atoms with Crippen LogP contribution in [0.1, 0.15) is 16.1 Å². The van der Waals surface area contributed by atoms with Gasteiger partial charge in [0, 0.05) is 45.0 Å². The maximum absolute atomic E-state index is 12.6. The number of hydrogen-bond donors (Lipinski definition) is 2. The van der Waals surface area contributed by atoms with E-state index in [9.17, 15) is 9.59 Å². The molecule has 1 fully saturated rings. The summed E-state index contributed by atoms with van der Waals surface area (Å²) in [4.78, 5) is 35.8. The Bertz CT molecular complexity index is 1020. The van der Waals surface area contributed by atoms with Gasteiger partial charge in [0.15, 0.2) is 0 Å². The number of aromatic amines is 1. The van der Waals surface area contributed by atoms with Crippen LogP contribution in [0.25, 0.3) is 11.1 Å². The van der Waals surface area contributed by atoms with Gasteiger partial charge in [-0.25, -0.2) is 4.98 Å². The summed E-state index contributed by atoms with van der Waals surface area (Å²) in [5, 5.41) is 3.10. The minimum absolute atomic E-state index is 0.184. The van der Waals surface area contributed by atoms with Crippen molar-refractivity contribution in [3.63, 3.8) is 0 Å². The van der Waals surface area contributed by atoms with Crippen molar-refractivity contribution in [1.82, 2.24) is 20.2 Å². The van der Waals surface area contributed by atoms with Gasteiger partial charge in [-0.15, -0.1) is 0 Å². The van der Waals surface area contributed by atoms with Gasteiger partial charge in [-0.2, -0.15) is 0 Å². The molecule has 2 N–H and O–H groups in total. The standard InChI is InChI=1S/C20H23N5O3/c1-14-16(17-19(27)22-13-23-20(17)28-14)18(26)21-7-8-24-9-11-25(12-10-24)15-5-3-2-4-6-15/h2-6,13H,7-12H2,1H3,(H,21,26)(H,22,23,27). The smallest absolute Gasteiger partial charge is 0.262 e. The third-order valence-electron chi connectivity index (χ3n) is 5.10. The summed E-state index contributed by atoms with van der Waals surface area (Å²) < 4.78 is 5.44.